The van der Waals surface area contributed by atoms with Crippen molar-refractivity contribution in [2.75, 3.05) is 0 Å². The van der Waals surface area contributed by atoms with Crippen LogP contribution in [-0.2, 0) is 25.5 Å². The van der Waals surface area contributed by atoms with Gasteiger partial charge in [0.05, 0.1) is 0 Å². The summed E-state index contributed by atoms with van der Waals surface area (Å²) in [5, 5.41) is 0. The van der Waals surface area contributed by atoms with Gasteiger partial charge in [-0.3, -0.25) is 0 Å². The van der Waals surface area contributed by atoms with Crippen molar-refractivity contribution >= 4 is 0 Å². The average molecular weight is 733 g/mol. The van der Waals surface area contributed by atoms with Gasteiger partial charge < -0.3 is 4.98 Å². The maximum atomic E-state index is 4.52. The summed E-state index contributed by atoms with van der Waals surface area (Å²) in [5.41, 5.74) is 12.3. The number of pyridine rings is 1. The number of nitrogens with zero attached hydrogens (tertiary/aromatic N) is 1. The van der Waals surface area contributed by atoms with E-state index in [-0.39, 0.29) is 25.5 Å². The van der Waals surface area contributed by atoms with Gasteiger partial charge in [0, 0.05) is 31.7 Å². The van der Waals surface area contributed by atoms with E-state index in [0.717, 1.165) is 11.3 Å². The van der Waals surface area contributed by atoms with Gasteiger partial charge in [0.15, 0.2) is 0 Å². The normalized spacial score (nSPS) is 14.0. The molecule has 5 aromatic carbocycles. The number of rotatable bonds is 6. The molecule has 1 saturated carbocycles. The van der Waals surface area contributed by atoms with Crippen molar-refractivity contribution in [2.24, 2.45) is 0 Å². The fourth-order valence-corrected chi connectivity index (χ4v) is 6.84. The van der Waals surface area contributed by atoms with E-state index in [4.69, 9.17) is 0 Å². The second kappa shape index (κ2) is 13.0. The molecule has 1 radical (unpaired) electrons. The van der Waals surface area contributed by atoms with Gasteiger partial charge >= 0.3 is 0 Å². The molecule has 1 nitrogen and oxygen atoms in total. The first-order chi connectivity index (χ1) is 20.8. The second-order valence-corrected chi connectivity index (χ2v) is 11.4. The van der Waals surface area contributed by atoms with Gasteiger partial charge in [-0.1, -0.05) is 122 Å². The predicted octanol–water partition coefficient (Wildman–Crippen LogP) is 10.8. The Balaban J connectivity index is 0.00000329. The van der Waals surface area contributed by atoms with Gasteiger partial charge in [-0.2, -0.15) is 0 Å². The molecule has 213 valence electrons. The molecule has 43 heavy (non-hydrogen) atoms. The van der Waals surface area contributed by atoms with Gasteiger partial charge in [-0.25, -0.2) is 0 Å². The molecule has 0 spiro atoms. The average Bonchev–Trinajstić information content (AvgIpc) is 3.09. The van der Waals surface area contributed by atoms with E-state index in [2.05, 4.69) is 126 Å². The zero-order chi connectivity index (χ0) is 28.2. The van der Waals surface area contributed by atoms with E-state index in [1.165, 1.54) is 76.6 Å². The molecular formula is C41H34IrN-. The van der Waals surface area contributed by atoms with Crippen LogP contribution in [0.15, 0.2) is 146 Å². The van der Waals surface area contributed by atoms with E-state index in [1.807, 2.05) is 30.5 Å². The monoisotopic (exact) mass is 733 g/mol. The van der Waals surface area contributed by atoms with E-state index < -0.39 is 0 Å². The number of benzene rings is 5. The molecule has 0 amide bonds. The van der Waals surface area contributed by atoms with Crippen molar-refractivity contribution in [1.82, 2.24) is 4.98 Å². The Morgan fingerprint density at radius 1 is 0.535 bits per heavy atom. The summed E-state index contributed by atoms with van der Waals surface area (Å²) in [7, 11) is 0. The topological polar surface area (TPSA) is 12.9 Å². The fraction of sp³-hybridized carbons (Fsp3) is 0.146. The van der Waals surface area contributed by atoms with E-state index in [1.54, 1.807) is 0 Å². The minimum atomic E-state index is 0. The van der Waals surface area contributed by atoms with Gasteiger partial charge in [0.2, 0.25) is 0 Å². The minimum absolute atomic E-state index is 0. The third kappa shape index (κ3) is 5.91. The molecule has 2 heteroatoms. The molecule has 7 rings (SSSR count). The van der Waals surface area contributed by atoms with Crippen molar-refractivity contribution < 1.29 is 20.1 Å². The summed E-state index contributed by atoms with van der Waals surface area (Å²) < 4.78 is 0. The van der Waals surface area contributed by atoms with Crippen LogP contribution in [0.3, 0.4) is 0 Å². The largest absolute Gasteiger partial charge is 0.305 e. The SMILES string of the molecule is [Ir].[c-]1ccc(-c2cccc(-c3cccc(-c4ccccc4C4(c5ccccc5)CCCCC4)c3)c2)cc1-c1ccccn1. The summed E-state index contributed by atoms with van der Waals surface area (Å²) in [6, 6.07) is 54.0. The fourth-order valence-electron chi connectivity index (χ4n) is 6.84. The Morgan fingerprint density at radius 3 is 1.88 bits per heavy atom. The third-order valence-corrected chi connectivity index (χ3v) is 8.92. The Hall–Kier alpha value is -4.10. The van der Waals surface area contributed by atoms with Gasteiger partial charge in [0.25, 0.3) is 0 Å². The van der Waals surface area contributed by atoms with Crippen molar-refractivity contribution in [3.63, 3.8) is 0 Å². The first-order valence-corrected chi connectivity index (χ1v) is 15.1. The summed E-state index contributed by atoms with van der Waals surface area (Å²) >= 11 is 0. The van der Waals surface area contributed by atoms with Crippen molar-refractivity contribution in [1.29, 1.82) is 0 Å². The van der Waals surface area contributed by atoms with E-state index in [0.29, 0.717) is 0 Å². The zero-order valence-electron chi connectivity index (χ0n) is 24.2. The maximum absolute atomic E-state index is 4.52. The Labute approximate surface area is 269 Å². The van der Waals surface area contributed by atoms with Crippen LogP contribution in [0.4, 0.5) is 0 Å². The summed E-state index contributed by atoms with van der Waals surface area (Å²) in [4.78, 5) is 4.52. The van der Waals surface area contributed by atoms with Crippen molar-refractivity contribution in [3.8, 4) is 44.6 Å². The standard InChI is InChI=1S/C41H34N.Ir/c1-3-20-37(21-4-1)41(25-8-2-9-26-41)39-23-6-5-22-38(39)35-18-12-16-33(29-35)31-14-11-15-32(28-31)34-17-13-19-36(30-34)40-24-7-10-27-42-40;/h1,3-7,10-18,20-24,27-30H,2,8-9,25-26H2;/q-1;. The Kier molecular flexibility index (Phi) is 8.79. The number of hydrogen-bond donors (Lipinski definition) is 0. The molecule has 1 aliphatic carbocycles. The molecule has 1 fully saturated rings. The van der Waals surface area contributed by atoms with E-state index >= 15 is 0 Å². The minimum Gasteiger partial charge on any atom is -0.305 e. The first-order valence-electron chi connectivity index (χ1n) is 15.1. The molecule has 0 saturated heterocycles. The summed E-state index contributed by atoms with van der Waals surface area (Å²) in [6.07, 6.45) is 8.10. The number of aromatic nitrogens is 1. The molecule has 1 aromatic heterocycles. The molecule has 1 heterocycles. The molecule has 0 atom stereocenters. The van der Waals surface area contributed by atoms with Crippen molar-refractivity contribution in [3.05, 3.63) is 163 Å². The first kappa shape index (κ1) is 29.0. The second-order valence-electron chi connectivity index (χ2n) is 11.4. The molecular weight excluding hydrogens is 699 g/mol. The summed E-state index contributed by atoms with van der Waals surface area (Å²) in [6.45, 7) is 0. The van der Waals surface area contributed by atoms with Crippen LogP contribution >= 0.6 is 0 Å². The molecule has 0 N–H and O–H groups in total. The maximum Gasteiger partial charge on any atom is 0.0209 e. The van der Waals surface area contributed by atoms with E-state index in [9.17, 15) is 0 Å². The molecule has 0 bridgehead atoms. The van der Waals surface area contributed by atoms with Crippen LogP contribution in [0.5, 0.6) is 0 Å². The van der Waals surface area contributed by atoms with Gasteiger partial charge in [-0.15, -0.1) is 35.4 Å². The molecule has 1 aliphatic rings. The Morgan fingerprint density at radius 2 is 1.16 bits per heavy atom. The predicted molar refractivity (Wildman–Crippen MR) is 175 cm³/mol. The van der Waals surface area contributed by atoms with Crippen LogP contribution in [0, 0.1) is 6.07 Å². The van der Waals surface area contributed by atoms with Crippen LogP contribution < -0.4 is 0 Å². The van der Waals surface area contributed by atoms with Crippen LogP contribution in [0.2, 0.25) is 0 Å². The van der Waals surface area contributed by atoms with Gasteiger partial charge in [0.1, 0.15) is 0 Å². The number of hydrogen-bond acceptors (Lipinski definition) is 1. The Bertz CT molecular complexity index is 1800. The third-order valence-electron chi connectivity index (χ3n) is 8.92. The zero-order valence-corrected chi connectivity index (χ0v) is 26.6. The molecule has 0 aliphatic heterocycles. The van der Waals surface area contributed by atoms with Gasteiger partial charge in [-0.05, 0) is 75.7 Å². The molecule has 6 aromatic rings. The molecule has 0 unspecified atom stereocenters. The quantitative estimate of drug-likeness (QED) is 0.155. The van der Waals surface area contributed by atoms with Crippen LogP contribution in [0.1, 0.15) is 43.2 Å². The van der Waals surface area contributed by atoms with Crippen molar-refractivity contribution in [2.45, 2.75) is 37.5 Å². The van der Waals surface area contributed by atoms with Crippen LogP contribution in [0.25, 0.3) is 44.6 Å². The summed E-state index contributed by atoms with van der Waals surface area (Å²) in [5.74, 6) is 0. The smallest absolute Gasteiger partial charge is 0.0209 e. The van der Waals surface area contributed by atoms with Crippen LogP contribution in [-0.4, -0.2) is 4.98 Å².